The molecule has 0 radical (unpaired) electrons. The van der Waals surface area contributed by atoms with Crippen molar-refractivity contribution in [3.63, 3.8) is 0 Å². The lowest BCUT2D eigenvalue weighted by atomic mass is 9.93. The van der Waals surface area contributed by atoms with Gasteiger partial charge in [0.2, 0.25) is 0 Å². The van der Waals surface area contributed by atoms with Crippen LogP contribution in [0, 0.1) is 11.3 Å². The van der Waals surface area contributed by atoms with Gasteiger partial charge in [0.15, 0.2) is 34.9 Å². The molecule has 6 heterocycles. The average molecular weight is 772 g/mol. The highest BCUT2D eigenvalue weighted by molar-refractivity contribution is 5.93. The molecule has 0 saturated heterocycles. The zero-order valence-electron chi connectivity index (χ0n) is 31.7. The van der Waals surface area contributed by atoms with E-state index in [0.717, 1.165) is 66.4 Å². The van der Waals surface area contributed by atoms with Crippen molar-refractivity contribution in [3.8, 4) is 96.7 Å². The molecule has 4 aromatic carbocycles. The molecule has 10 aromatic rings. The summed E-state index contributed by atoms with van der Waals surface area (Å²) < 4.78 is 0. The highest BCUT2D eigenvalue weighted by atomic mass is 15.0. The zero-order chi connectivity index (χ0) is 40.3. The standard InChI is InChI=1S/C49H29N11/c50-30-42-28-40-10-9-39(31-1-5-33(6-2-31)44-55-46(35-11-19-51-20-12-35)59-47(56-44)36-13-21-52-22-14-36)27-41(40)29-43(42)32-3-7-34(8-4-32)45-57-48(37-15-23-53-24-16-37)60-49(58-45)38-17-25-54-26-18-38/h1-29H. The molecule has 10 rings (SSSR count). The number of nitriles is 1. The average Bonchev–Trinajstić information content (AvgIpc) is 3.34. The molecule has 0 aliphatic rings. The molecule has 280 valence electrons. The molecule has 6 aromatic heterocycles. The zero-order valence-corrected chi connectivity index (χ0v) is 31.7. The minimum atomic E-state index is 0.531. The second-order valence-electron chi connectivity index (χ2n) is 13.8. The Labute approximate surface area is 344 Å². The van der Waals surface area contributed by atoms with Crippen LogP contribution in [0.1, 0.15) is 5.56 Å². The summed E-state index contributed by atoms with van der Waals surface area (Å²) in [7, 11) is 0. The van der Waals surface area contributed by atoms with Crippen LogP contribution in [-0.2, 0) is 0 Å². The van der Waals surface area contributed by atoms with Crippen LogP contribution in [0.4, 0.5) is 0 Å². The predicted molar refractivity (Wildman–Crippen MR) is 230 cm³/mol. The lowest BCUT2D eigenvalue weighted by Gasteiger charge is -2.11. The van der Waals surface area contributed by atoms with Crippen molar-refractivity contribution < 1.29 is 0 Å². The third-order valence-corrected chi connectivity index (χ3v) is 10.1. The van der Waals surface area contributed by atoms with E-state index in [-0.39, 0.29) is 0 Å². The lowest BCUT2D eigenvalue weighted by Crippen LogP contribution is -2.00. The van der Waals surface area contributed by atoms with Crippen molar-refractivity contribution in [1.82, 2.24) is 49.8 Å². The summed E-state index contributed by atoms with van der Waals surface area (Å²) in [6.45, 7) is 0. The number of aromatic nitrogens is 10. The van der Waals surface area contributed by atoms with Crippen LogP contribution in [0.3, 0.4) is 0 Å². The highest BCUT2D eigenvalue weighted by Crippen LogP contribution is 2.34. The number of pyridine rings is 4. The number of nitrogens with zero attached hydrogens (tertiary/aromatic N) is 11. The Morgan fingerprint density at radius 1 is 0.283 bits per heavy atom. The van der Waals surface area contributed by atoms with Gasteiger partial charge in [0, 0.05) is 88.5 Å². The number of fused-ring (bicyclic) bond motifs is 1. The van der Waals surface area contributed by atoms with Crippen molar-refractivity contribution >= 4 is 10.8 Å². The van der Waals surface area contributed by atoms with Crippen molar-refractivity contribution in [2.75, 3.05) is 0 Å². The fourth-order valence-corrected chi connectivity index (χ4v) is 6.95. The van der Waals surface area contributed by atoms with Gasteiger partial charge in [-0.2, -0.15) is 5.26 Å². The van der Waals surface area contributed by atoms with Gasteiger partial charge in [0.1, 0.15) is 0 Å². The summed E-state index contributed by atoms with van der Waals surface area (Å²) in [5.41, 5.74) is 9.42. The minimum Gasteiger partial charge on any atom is -0.265 e. The molecule has 0 bridgehead atoms. The van der Waals surface area contributed by atoms with Gasteiger partial charge in [-0.05, 0) is 94.2 Å². The topological polar surface area (TPSA) is 153 Å². The summed E-state index contributed by atoms with van der Waals surface area (Å²) in [6.07, 6.45) is 13.8. The first-order chi connectivity index (χ1) is 29.6. The summed E-state index contributed by atoms with van der Waals surface area (Å²) >= 11 is 0. The van der Waals surface area contributed by atoms with Gasteiger partial charge in [0.05, 0.1) is 11.6 Å². The van der Waals surface area contributed by atoms with Crippen LogP contribution < -0.4 is 0 Å². The first kappa shape index (κ1) is 35.6. The Morgan fingerprint density at radius 3 is 0.967 bits per heavy atom. The third-order valence-electron chi connectivity index (χ3n) is 10.1. The van der Waals surface area contributed by atoms with Gasteiger partial charge in [-0.25, -0.2) is 29.9 Å². The SMILES string of the molecule is N#Cc1cc2ccc(-c3ccc(-c4nc(-c5ccncc5)nc(-c5ccncc5)n4)cc3)cc2cc1-c1ccc(-c2nc(-c3ccncc3)nc(-c3ccncc3)n2)cc1. The normalized spacial score (nSPS) is 11.0. The van der Waals surface area contributed by atoms with E-state index >= 15 is 0 Å². The van der Waals surface area contributed by atoms with Gasteiger partial charge in [-0.3, -0.25) is 19.9 Å². The highest BCUT2D eigenvalue weighted by Gasteiger charge is 2.16. The van der Waals surface area contributed by atoms with Crippen molar-refractivity contribution in [2.45, 2.75) is 0 Å². The Bertz CT molecular complexity index is 3060. The van der Waals surface area contributed by atoms with Crippen LogP contribution in [0.5, 0.6) is 0 Å². The number of hydrogen-bond acceptors (Lipinski definition) is 11. The molecular weight excluding hydrogens is 743 g/mol. The maximum atomic E-state index is 10.3. The van der Waals surface area contributed by atoms with Gasteiger partial charge in [-0.15, -0.1) is 0 Å². The van der Waals surface area contributed by atoms with Crippen molar-refractivity contribution in [3.05, 3.63) is 183 Å². The molecule has 0 aliphatic carbocycles. The van der Waals surface area contributed by atoms with E-state index in [9.17, 15) is 5.26 Å². The number of hydrogen-bond donors (Lipinski definition) is 0. The molecule has 0 atom stereocenters. The molecule has 0 amide bonds. The van der Waals surface area contributed by atoms with E-state index in [1.165, 1.54) is 0 Å². The van der Waals surface area contributed by atoms with E-state index in [2.05, 4.69) is 62.4 Å². The predicted octanol–water partition coefficient (Wildman–Crippen LogP) is 10.00. The maximum Gasteiger partial charge on any atom is 0.164 e. The van der Waals surface area contributed by atoms with Gasteiger partial charge in [-0.1, -0.05) is 60.7 Å². The van der Waals surface area contributed by atoms with E-state index in [1.54, 1.807) is 49.6 Å². The number of benzene rings is 4. The van der Waals surface area contributed by atoms with E-state index in [4.69, 9.17) is 29.9 Å². The van der Waals surface area contributed by atoms with Crippen LogP contribution in [0.25, 0.3) is 101 Å². The largest absolute Gasteiger partial charge is 0.265 e. The number of rotatable bonds is 8. The van der Waals surface area contributed by atoms with E-state index in [0.29, 0.717) is 40.5 Å². The van der Waals surface area contributed by atoms with E-state index < -0.39 is 0 Å². The third kappa shape index (κ3) is 7.19. The van der Waals surface area contributed by atoms with E-state index in [1.807, 2.05) is 91.0 Å². The molecule has 60 heavy (non-hydrogen) atoms. The smallest absolute Gasteiger partial charge is 0.164 e. The maximum absolute atomic E-state index is 10.3. The van der Waals surface area contributed by atoms with Crippen molar-refractivity contribution in [2.24, 2.45) is 0 Å². The Balaban J connectivity index is 0.970. The van der Waals surface area contributed by atoms with Crippen LogP contribution >= 0.6 is 0 Å². The first-order valence-corrected chi connectivity index (χ1v) is 19.0. The quantitative estimate of drug-likeness (QED) is 0.145. The molecule has 0 aliphatic heterocycles. The first-order valence-electron chi connectivity index (χ1n) is 19.0. The Hall–Kier alpha value is -8.75. The summed E-state index contributed by atoms with van der Waals surface area (Å²) in [4.78, 5) is 45.5. The van der Waals surface area contributed by atoms with Gasteiger partial charge < -0.3 is 0 Å². The molecule has 11 nitrogen and oxygen atoms in total. The monoisotopic (exact) mass is 771 g/mol. The van der Waals surface area contributed by atoms with Gasteiger partial charge >= 0.3 is 0 Å². The molecule has 0 saturated carbocycles. The molecular formula is C49H29N11. The fraction of sp³-hybridized carbons (Fsp3) is 0. The molecule has 11 heteroatoms. The fourth-order valence-electron chi connectivity index (χ4n) is 6.95. The molecule has 0 fully saturated rings. The second kappa shape index (κ2) is 15.7. The molecule has 0 spiro atoms. The summed E-state index contributed by atoms with van der Waals surface area (Å²) in [5.74, 6) is 3.30. The summed E-state index contributed by atoms with van der Waals surface area (Å²) in [5, 5.41) is 12.2. The van der Waals surface area contributed by atoms with Crippen LogP contribution in [0.2, 0.25) is 0 Å². The van der Waals surface area contributed by atoms with Crippen LogP contribution in [0.15, 0.2) is 177 Å². The minimum absolute atomic E-state index is 0.531. The second-order valence-corrected chi connectivity index (χ2v) is 13.8. The molecule has 0 unspecified atom stereocenters. The van der Waals surface area contributed by atoms with Crippen molar-refractivity contribution in [1.29, 1.82) is 5.26 Å². The van der Waals surface area contributed by atoms with Gasteiger partial charge in [0.25, 0.3) is 0 Å². The summed E-state index contributed by atoms with van der Waals surface area (Å²) in [6, 6.07) is 43.9. The lowest BCUT2D eigenvalue weighted by molar-refractivity contribution is 1.07. The Kier molecular flexibility index (Phi) is 9.30. The Morgan fingerprint density at radius 2 is 0.600 bits per heavy atom. The molecule has 0 N–H and O–H groups in total. The van der Waals surface area contributed by atoms with Crippen LogP contribution in [-0.4, -0.2) is 49.8 Å².